The molecule has 0 aliphatic rings. The Morgan fingerprint density at radius 1 is 1.36 bits per heavy atom. The molecule has 5 heteroatoms. The van der Waals surface area contributed by atoms with Crippen LogP contribution in [-0.4, -0.2) is 16.7 Å². The van der Waals surface area contributed by atoms with E-state index < -0.39 is 0 Å². The standard InChI is InChI=1S/C11H19NOS.C6H12O2/c1-4-6-9-10(7-8(3)5-2)13-12-11(9)14;1-5(7)8-6(2,3)4/h8H,4-7H2,1-3H3,(H,12,14);1-4H3. The smallest absolute Gasteiger partial charge is 0.303 e. The predicted octanol–water partition coefficient (Wildman–Crippen LogP) is 5.23. The van der Waals surface area contributed by atoms with Crippen molar-refractivity contribution in [3.63, 3.8) is 0 Å². The molecule has 1 aromatic rings. The molecule has 0 radical (unpaired) electrons. The van der Waals surface area contributed by atoms with E-state index in [0.29, 0.717) is 5.92 Å². The van der Waals surface area contributed by atoms with Gasteiger partial charge in [0.1, 0.15) is 16.0 Å². The van der Waals surface area contributed by atoms with Gasteiger partial charge in [-0.05, 0) is 33.1 Å². The molecule has 1 N–H and O–H groups in total. The minimum Gasteiger partial charge on any atom is -0.460 e. The van der Waals surface area contributed by atoms with E-state index in [1.807, 2.05) is 20.8 Å². The Morgan fingerprint density at radius 3 is 2.32 bits per heavy atom. The van der Waals surface area contributed by atoms with Gasteiger partial charge in [0.15, 0.2) is 0 Å². The topological polar surface area (TPSA) is 55.2 Å². The SMILES string of the molecule is CC(=O)OC(C)(C)C.CCCc1c(CC(C)CC)o[nH]c1=S. The van der Waals surface area contributed by atoms with Gasteiger partial charge in [0, 0.05) is 18.9 Å². The monoisotopic (exact) mass is 329 g/mol. The molecule has 1 atom stereocenters. The van der Waals surface area contributed by atoms with Crippen LogP contribution in [0, 0.1) is 10.6 Å². The Hall–Kier alpha value is -1.10. The van der Waals surface area contributed by atoms with Crippen molar-refractivity contribution in [2.75, 3.05) is 0 Å². The molecule has 0 aliphatic carbocycles. The second-order valence-corrected chi connectivity index (χ2v) is 7.02. The predicted molar refractivity (Wildman–Crippen MR) is 92.6 cm³/mol. The van der Waals surface area contributed by atoms with Crippen molar-refractivity contribution in [2.45, 2.75) is 79.8 Å². The van der Waals surface area contributed by atoms with Crippen molar-refractivity contribution in [1.82, 2.24) is 5.16 Å². The second kappa shape index (κ2) is 9.82. The maximum Gasteiger partial charge on any atom is 0.303 e. The Labute approximate surface area is 139 Å². The summed E-state index contributed by atoms with van der Waals surface area (Å²) in [7, 11) is 0. The van der Waals surface area contributed by atoms with Crippen LogP contribution < -0.4 is 0 Å². The molecular formula is C17H31NO3S. The molecule has 128 valence electrons. The van der Waals surface area contributed by atoms with Gasteiger partial charge < -0.3 is 9.26 Å². The number of rotatable bonds is 5. The zero-order chi connectivity index (χ0) is 17.3. The first-order chi connectivity index (χ1) is 10.1. The lowest BCUT2D eigenvalue weighted by Crippen LogP contribution is -2.21. The molecule has 4 nitrogen and oxygen atoms in total. The fourth-order valence-electron chi connectivity index (χ4n) is 1.92. The number of hydrogen-bond donors (Lipinski definition) is 1. The summed E-state index contributed by atoms with van der Waals surface area (Å²) >= 11 is 5.18. The number of hydrogen-bond acceptors (Lipinski definition) is 4. The van der Waals surface area contributed by atoms with E-state index in [-0.39, 0.29) is 11.6 Å². The lowest BCUT2D eigenvalue weighted by molar-refractivity contribution is -0.151. The normalized spacial score (nSPS) is 12.3. The molecule has 0 fully saturated rings. The van der Waals surface area contributed by atoms with E-state index in [4.69, 9.17) is 21.5 Å². The van der Waals surface area contributed by atoms with E-state index in [1.54, 1.807) is 0 Å². The highest BCUT2D eigenvalue weighted by Crippen LogP contribution is 2.18. The first-order valence-electron chi connectivity index (χ1n) is 7.99. The number of aromatic amines is 1. The highest BCUT2D eigenvalue weighted by Gasteiger charge is 2.12. The summed E-state index contributed by atoms with van der Waals surface area (Å²) < 4.78 is 11.0. The summed E-state index contributed by atoms with van der Waals surface area (Å²) in [6, 6.07) is 0. The van der Waals surface area contributed by atoms with Crippen LogP contribution in [0.1, 0.15) is 72.6 Å². The van der Waals surface area contributed by atoms with Crippen LogP contribution in [0.4, 0.5) is 0 Å². The number of carbonyl (C=O) groups excluding carboxylic acids is 1. The number of aromatic nitrogens is 1. The van der Waals surface area contributed by atoms with Crippen molar-refractivity contribution in [3.05, 3.63) is 16.0 Å². The molecule has 0 saturated carbocycles. The Balaban J connectivity index is 0.000000472. The molecule has 1 rings (SSSR count). The van der Waals surface area contributed by atoms with Crippen molar-refractivity contribution in [2.24, 2.45) is 5.92 Å². The minimum absolute atomic E-state index is 0.225. The first kappa shape index (κ1) is 20.9. The van der Waals surface area contributed by atoms with Crippen LogP contribution in [0.15, 0.2) is 4.52 Å². The van der Waals surface area contributed by atoms with E-state index in [2.05, 4.69) is 25.9 Å². The Bertz CT molecular complexity index is 497. The molecular weight excluding hydrogens is 298 g/mol. The Kier molecular flexibility index (Phi) is 9.33. The van der Waals surface area contributed by atoms with E-state index in [9.17, 15) is 4.79 Å². The quantitative estimate of drug-likeness (QED) is 0.594. The maximum absolute atomic E-state index is 10.2. The van der Waals surface area contributed by atoms with E-state index >= 15 is 0 Å². The maximum atomic E-state index is 10.2. The van der Waals surface area contributed by atoms with Crippen LogP contribution in [0.2, 0.25) is 0 Å². The highest BCUT2D eigenvalue weighted by molar-refractivity contribution is 7.71. The number of nitrogens with one attached hydrogen (secondary N) is 1. The third-order valence-electron chi connectivity index (χ3n) is 3.06. The zero-order valence-corrected chi connectivity index (χ0v) is 15.9. The fourth-order valence-corrected chi connectivity index (χ4v) is 2.18. The summed E-state index contributed by atoms with van der Waals surface area (Å²) in [6.07, 6.45) is 4.32. The van der Waals surface area contributed by atoms with Crippen molar-refractivity contribution >= 4 is 18.2 Å². The van der Waals surface area contributed by atoms with Crippen LogP contribution in [-0.2, 0) is 22.4 Å². The fraction of sp³-hybridized carbons (Fsp3) is 0.765. The number of H-pyrrole nitrogens is 1. The lowest BCUT2D eigenvalue weighted by atomic mass is 10.00. The molecule has 1 unspecified atom stereocenters. The van der Waals surface area contributed by atoms with E-state index in [1.165, 1.54) is 18.9 Å². The van der Waals surface area contributed by atoms with Gasteiger partial charge in [-0.2, -0.15) is 0 Å². The number of esters is 1. The second-order valence-electron chi connectivity index (χ2n) is 6.61. The molecule has 1 aromatic heterocycles. The van der Waals surface area contributed by atoms with Crippen molar-refractivity contribution in [1.29, 1.82) is 0 Å². The van der Waals surface area contributed by atoms with Crippen molar-refractivity contribution < 1.29 is 14.1 Å². The van der Waals surface area contributed by atoms with Gasteiger partial charge in [0.05, 0.1) is 0 Å². The molecule has 1 heterocycles. The van der Waals surface area contributed by atoms with Gasteiger partial charge in [0.25, 0.3) is 0 Å². The summed E-state index contributed by atoms with van der Waals surface area (Å²) in [5, 5.41) is 2.79. The van der Waals surface area contributed by atoms with E-state index in [0.717, 1.165) is 29.7 Å². The van der Waals surface area contributed by atoms with Crippen LogP contribution in [0.5, 0.6) is 0 Å². The average Bonchev–Trinajstić information content (AvgIpc) is 2.69. The summed E-state index contributed by atoms with van der Waals surface area (Å²) in [5.41, 5.74) is 0.883. The van der Waals surface area contributed by atoms with Gasteiger partial charge in [0.2, 0.25) is 0 Å². The van der Waals surface area contributed by atoms with Crippen LogP contribution in [0.3, 0.4) is 0 Å². The van der Waals surface area contributed by atoms with Crippen LogP contribution >= 0.6 is 12.2 Å². The average molecular weight is 330 g/mol. The molecule has 0 aromatic carbocycles. The minimum atomic E-state index is -0.328. The first-order valence-corrected chi connectivity index (χ1v) is 8.40. The Morgan fingerprint density at radius 2 is 1.95 bits per heavy atom. The summed E-state index contributed by atoms with van der Waals surface area (Å²) in [4.78, 5) is 10.2. The van der Waals surface area contributed by atoms with Gasteiger partial charge >= 0.3 is 5.97 Å². The van der Waals surface area contributed by atoms with Crippen LogP contribution in [0.25, 0.3) is 0 Å². The third-order valence-corrected chi connectivity index (χ3v) is 3.39. The largest absolute Gasteiger partial charge is 0.460 e. The summed E-state index contributed by atoms with van der Waals surface area (Å²) in [5.74, 6) is 1.50. The molecule has 0 bridgehead atoms. The van der Waals surface area contributed by atoms with Crippen molar-refractivity contribution in [3.8, 4) is 0 Å². The van der Waals surface area contributed by atoms with Gasteiger partial charge in [-0.15, -0.1) is 0 Å². The van der Waals surface area contributed by atoms with Gasteiger partial charge in [-0.1, -0.05) is 45.8 Å². The molecule has 0 spiro atoms. The molecule has 22 heavy (non-hydrogen) atoms. The highest BCUT2D eigenvalue weighted by atomic mass is 32.1. The molecule has 0 amide bonds. The summed E-state index contributed by atoms with van der Waals surface area (Å²) in [6.45, 7) is 13.5. The third kappa shape index (κ3) is 9.03. The molecule has 0 aliphatic heterocycles. The number of ether oxygens (including phenoxy) is 1. The number of carbonyl (C=O) groups is 1. The van der Waals surface area contributed by atoms with Gasteiger partial charge in [-0.25, -0.2) is 5.16 Å². The lowest BCUT2D eigenvalue weighted by Gasteiger charge is -2.17. The zero-order valence-electron chi connectivity index (χ0n) is 15.0. The molecule has 0 saturated heterocycles. The van der Waals surface area contributed by atoms with Gasteiger partial charge in [-0.3, -0.25) is 4.79 Å².